The van der Waals surface area contributed by atoms with E-state index in [2.05, 4.69) is 9.97 Å². The average Bonchev–Trinajstić information content (AvgIpc) is 2.05. The number of rotatable bonds is 0. The molecule has 0 aromatic carbocycles. The minimum atomic E-state index is -0.430. The molecule has 0 saturated carbocycles. The molecule has 3 nitrogen and oxygen atoms in total. The average molecular weight is 164 g/mol. The maximum absolute atomic E-state index is 12.6. The van der Waals surface area contributed by atoms with Crippen LogP contribution in [0.4, 0.5) is 4.39 Å². The lowest BCUT2D eigenvalue weighted by Gasteiger charge is -1.95. The normalized spacial score (nSPS) is 10.4. The van der Waals surface area contributed by atoms with Crippen LogP contribution in [0.1, 0.15) is 0 Å². The molecule has 0 aliphatic rings. The molecular weight excluding hydrogens is 159 g/mol. The largest absolute Gasteiger partial charge is 0.506 e. The van der Waals surface area contributed by atoms with Crippen molar-refractivity contribution in [2.75, 3.05) is 0 Å². The second kappa shape index (κ2) is 2.41. The van der Waals surface area contributed by atoms with Crippen LogP contribution >= 0.6 is 0 Å². The number of hydrogen-bond donors (Lipinski definition) is 1. The maximum atomic E-state index is 12.6. The first-order valence-electron chi connectivity index (χ1n) is 3.36. The summed E-state index contributed by atoms with van der Waals surface area (Å²) < 4.78 is 12.6. The van der Waals surface area contributed by atoms with E-state index in [0.29, 0.717) is 11.0 Å². The highest BCUT2D eigenvalue weighted by Gasteiger charge is 1.98. The Kier molecular flexibility index (Phi) is 1.40. The van der Waals surface area contributed by atoms with Crippen molar-refractivity contribution in [3.8, 4) is 5.75 Å². The number of fused-ring (bicyclic) bond motifs is 1. The lowest BCUT2D eigenvalue weighted by molar-refractivity contribution is 0.473. The molecule has 0 saturated heterocycles. The van der Waals surface area contributed by atoms with Gasteiger partial charge in [0.05, 0.1) is 23.4 Å². The van der Waals surface area contributed by atoms with Gasteiger partial charge in [-0.25, -0.2) is 4.39 Å². The molecule has 60 valence electrons. The van der Waals surface area contributed by atoms with Crippen LogP contribution in [-0.2, 0) is 0 Å². The molecular formula is C8H5FN2O. The number of aromatic nitrogens is 2. The Morgan fingerprint density at radius 1 is 1.08 bits per heavy atom. The first kappa shape index (κ1) is 6.97. The van der Waals surface area contributed by atoms with Crippen molar-refractivity contribution in [2.24, 2.45) is 0 Å². The highest BCUT2D eigenvalue weighted by Crippen LogP contribution is 2.14. The number of aromatic hydroxyl groups is 1. The van der Waals surface area contributed by atoms with Crippen LogP contribution in [0.25, 0.3) is 11.0 Å². The molecule has 12 heavy (non-hydrogen) atoms. The highest BCUT2D eigenvalue weighted by atomic mass is 19.1. The van der Waals surface area contributed by atoms with Crippen LogP contribution in [0.3, 0.4) is 0 Å². The van der Waals surface area contributed by atoms with Crippen LogP contribution in [0.15, 0.2) is 24.5 Å². The SMILES string of the molecule is Oc1cnc2cc(F)cnc2c1. The molecule has 2 heterocycles. The predicted octanol–water partition coefficient (Wildman–Crippen LogP) is 1.47. The summed E-state index contributed by atoms with van der Waals surface area (Å²) in [6.07, 6.45) is 2.34. The Bertz CT molecular complexity index is 389. The third-order valence-corrected chi connectivity index (χ3v) is 1.48. The summed E-state index contributed by atoms with van der Waals surface area (Å²) in [6.45, 7) is 0. The molecule has 0 aliphatic heterocycles. The van der Waals surface area contributed by atoms with Gasteiger partial charge >= 0.3 is 0 Å². The van der Waals surface area contributed by atoms with Crippen molar-refractivity contribution in [2.45, 2.75) is 0 Å². The quantitative estimate of drug-likeness (QED) is 0.641. The molecule has 0 bridgehead atoms. The molecule has 0 aliphatic carbocycles. The fourth-order valence-corrected chi connectivity index (χ4v) is 0.967. The monoisotopic (exact) mass is 164 g/mol. The summed E-state index contributed by atoms with van der Waals surface area (Å²) in [5.41, 5.74) is 0.921. The molecule has 2 aromatic rings. The van der Waals surface area contributed by atoms with E-state index in [9.17, 15) is 4.39 Å². The molecule has 1 N–H and O–H groups in total. The van der Waals surface area contributed by atoms with E-state index >= 15 is 0 Å². The second-order valence-electron chi connectivity index (χ2n) is 2.39. The Morgan fingerprint density at radius 2 is 1.75 bits per heavy atom. The van der Waals surface area contributed by atoms with Gasteiger partial charge in [-0.05, 0) is 0 Å². The van der Waals surface area contributed by atoms with Crippen molar-refractivity contribution in [1.29, 1.82) is 0 Å². The van der Waals surface area contributed by atoms with E-state index in [1.54, 1.807) is 0 Å². The zero-order chi connectivity index (χ0) is 8.55. The number of nitrogens with zero attached hydrogens (tertiary/aromatic N) is 2. The molecule has 2 aromatic heterocycles. The van der Waals surface area contributed by atoms with Gasteiger partial charge in [0, 0.05) is 12.1 Å². The number of hydrogen-bond acceptors (Lipinski definition) is 3. The van der Waals surface area contributed by atoms with E-state index in [1.807, 2.05) is 0 Å². The standard InChI is InChI=1S/C8H5FN2O/c9-5-1-7-8(10-3-5)2-6(12)4-11-7/h1-4,12H. The van der Waals surface area contributed by atoms with Crippen LogP contribution in [0.5, 0.6) is 5.75 Å². The maximum Gasteiger partial charge on any atom is 0.143 e. The lowest BCUT2D eigenvalue weighted by Crippen LogP contribution is -1.84. The molecule has 0 fully saturated rings. The van der Waals surface area contributed by atoms with Crippen molar-refractivity contribution in [1.82, 2.24) is 9.97 Å². The Balaban J connectivity index is 2.79. The van der Waals surface area contributed by atoms with Crippen LogP contribution < -0.4 is 0 Å². The minimum absolute atomic E-state index is 0.0293. The third-order valence-electron chi connectivity index (χ3n) is 1.48. The van der Waals surface area contributed by atoms with Gasteiger partial charge in [0.25, 0.3) is 0 Å². The summed E-state index contributed by atoms with van der Waals surface area (Å²) in [5, 5.41) is 9.00. The Morgan fingerprint density at radius 3 is 2.58 bits per heavy atom. The smallest absolute Gasteiger partial charge is 0.143 e. The number of halogens is 1. The molecule has 0 radical (unpaired) electrons. The fraction of sp³-hybridized carbons (Fsp3) is 0. The second-order valence-corrected chi connectivity index (χ2v) is 2.39. The van der Waals surface area contributed by atoms with E-state index in [0.717, 1.165) is 6.20 Å². The van der Waals surface area contributed by atoms with E-state index in [-0.39, 0.29) is 5.75 Å². The Hall–Kier alpha value is -1.71. The zero-order valence-electron chi connectivity index (χ0n) is 6.03. The van der Waals surface area contributed by atoms with Gasteiger partial charge in [0.1, 0.15) is 11.6 Å². The van der Waals surface area contributed by atoms with Crippen LogP contribution in [0.2, 0.25) is 0 Å². The van der Waals surface area contributed by atoms with Gasteiger partial charge < -0.3 is 5.11 Å². The minimum Gasteiger partial charge on any atom is -0.506 e. The van der Waals surface area contributed by atoms with Crippen LogP contribution in [-0.4, -0.2) is 15.1 Å². The van der Waals surface area contributed by atoms with Gasteiger partial charge in [-0.1, -0.05) is 0 Å². The lowest BCUT2D eigenvalue weighted by atomic mass is 10.3. The van der Waals surface area contributed by atoms with Crippen molar-refractivity contribution in [3.05, 3.63) is 30.3 Å². The molecule has 0 amide bonds. The topological polar surface area (TPSA) is 46.0 Å². The highest BCUT2D eigenvalue weighted by molar-refractivity contribution is 5.74. The van der Waals surface area contributed by atoms with E-state index < -0.39 is 5.82 Å². The molecule has 0 unspecified atom stereocenters. The Labute approximate surface area is 67.5 Å². The van der Waals surface area contributed by atoms with Gasteiger partial charge in [0.15, 0.2) is 0 Å². The van der Waals surface area contributed by atoms with Crippen LogP contribution in [0, 0.1) is 5.82 Å². The molecule has 0 spiro atoms. The van der Waals surface area contributed by atoms with Gasteiger partial charge in [-0.2, -0.15) is 0 Å². The molecule has 0 atom stereocenters. The van der Waals surface area contributed by atoms with Crippen molar-refractivity contribution >= 4 is 11.0 Å². The van der Waals surface area contributed by atoms with E-state index in [4.69, 9.17) is 5.11 Å². The van der Waals surface area contributed by atoms with Crippen molar-refractivity contribution < 1.29 is 9.50 Å². The van der Waals surface area contributed by atoms with Gasteiger partial charge in [-0.3, -0.25) is 9.97 Å². The summed E-state index contributed by atoms with van der Waals surface area (Å²) >= 11 is 0. The molecule has 4 heteroatoms. The third kappa shape index (κ3) is 1.07. The summed E-state index contributed by atoms with van der Waals surface area (Å²) in [6, 6.07) is 2.70. The van der Waals surface area contributed by atoms with Gasteiger partial charge in [-0.15, -0.1) is 0 Å². The van der Waals surface area contributed by atoms with Gasteiger partial charge in [0.2, 0.25) is 0 Å². The van der Waals surface area contributed by atoms with E-state index in [1.165, 1.54) is 18.3 Å². The molecule has 2 rings (SSSR count). The predicted molar refractivity (Wildman–Crippen MR) is 41.2 cm³/mol. The summed E-state index contributed by atoms with van der Waals surface area (Å²) in [5.74, 6) is -0.401. The summed E-state index contributed by atoms with van der Waals surface area (Å²) in [4.78, 5) is 7.53. The van der Waals surface area contributed by atoms with Crippen molar-refractivity contribution in [3.63, 3.8) is 0 Å². The first-order chi connectivity index (χ1) is 5.75. The number of pyridine rings is 2. The zero-order valence-corrected chi connectivity index (χ0v) is 6.03. The first-order valence-corrected chi connectivity index (χ1v) is 3.36. The fourth-order valence-electron chi connectivity index (χ4n) is 0.967. The summed E-state index contributed by atoms with van der Waals surface area (Å²) in [7, 11) is 0.